The number of likely N-dealkylation sites (N-methyl/N-ethyl adjacent to an activating group) is 2. The maximum Gasteiger partial charge on any atom is 0.277 e. The molecule has 2 aliphatic heterocycles. The van der Waals surface area contributed by atoms with Crippen LogP contribution in [0.2, 0.25) is 0 Å². The Morgan fingerprint density at radius 3 is 2.35 bits per heavy atom. The van der Waals surface area contributed by atoms with Gasteiger partial charge >= 0.3 is 0 Å². The van der Waals surface area contributed by atoms with Crippen molar-refractivity contribution >= 4 is 23.5 Å². The van der Waals surface area contributed by atoms with Crippen molar-refractivity contribution in [1.82, 2.24) is 14.8 Å². The van der Waals surface area contributed by atoms with Crippen molar-refractivity contribution < 1.29 is 4.79 Å². The highest BCUT2D eigenvalue weighted by molar-refractivity contribution is 8.06. The zero-order valence-electron chi connectivity index (χ0n) is 12.8. The molecule has 0 spiro atoms. The summed E-state index contributed by atoms with van der Waals surface area (Å²) in [6, 6.07) is 0. The molecule has 2 heterocycles. The predicted octanol–water partition coefficient (Wildman–Crippen LogP) is 2.03. The summed E-state index contributed by atoms with van der Waals surface area (Å²) in [6.45, 7) is 4.20. The maximum absolute atomic E-state index is 12.1. The van der Waals surface area contributed by atoms with E-state index in [0.29, 0.717) is 11.4 Å². The molecule has 0 aliphatic carbocycles. The van der Waals surface area contributed by atoms with E-state index in [1.54, 1.807) is 18.8 Å². The SMILES string of the molecule is CC1=C(C)N(C)/C(=C\C=C2\C(=O)N(C)N=C2N(C)C)S1. The lowest BCUT2D eigenvalue weighted by Gasteiger charge is -2.14. The largest absolute Gasteiger partial charge is 0.361 e. The highest BCUT2D eigenvalue weighted by Gasteiger charge is 2.28. The second-order valence-electron chi connectivity index (χ2n) is 5.03. The molecule has 20 heavy (non-hydrogen) atoms. The van der Waals surface area contributed by atoms with Gasteiger partial charge in [-0.05, 0) is 26.0 Å². The van der Waals surface area contributed by atoms with Crippen LogP contribution in [-0.4, -0.2) is 54.7 Å². The van der Waals surface area contributed by atoms with Crippen molar-refractivity contribution in [3.63, 3.8) is 0 Å². The van der Waals surface area contributed by atoms with Crippen molar-refractivity contribution in [1.29, 1.82) is 0 Å². The van der Waals surface area contributed by atoms with Crippen LogP contribution in [0, 0.1) is 0 Å². The molecule has 0 bridgehead atoms. The molecule has 0 N–H and O–H groups in total. The summed E-state index contributed by atoms with van der Waals surface area (Å²) < 4.78 is 0. The van der Waals surface area contributed by atoms with E-state index in [1.165, 1.54) is 15.6 Å². The molecular weight excluding hydrogens is 272 g/mol. The minimum absolute atomic E-state index is 0.0717. The topological polar surface area (TPSA) is 39.2 Å². The van der Waals surface area contributed by atoms with E-state index in [-0.39, 0.29) is 5.91 Å². The molecule has 0 radical (unpaired) electrons. The first-order valence-corrected chi connectivity index (χ1v) is 7.20. The van der Waals surface area contributed by atoms with Gasteiger partial charge in [0.05, 0.1) is 10.6 Å². The van der Waals surface area contributed by atoms with Crippen molar-refractivity contribution in [3.8, 4) is 0 Å². The van der Waals surface area contributed by atoms with Gasteiger partial charge in [0.15, 0.2) is 5.84 Å². The zero-order chi connectivity index (χ0) is 15.0. The number of carbonyl (C=O) groups is 1. The molecule has 1 amide bonds. The average Bonchev–Trinajstić information content (AvgIpc) is 2.81. The normalized spacial score (nSPS) is 23.5. The van der Waals surface area contributed by atoms with Gasteiger partial charge in [0.2, 0.25) is 0 Å². The first kappa shape index (κ1) is 14.7. The fourth-order valence-electron chi connectivity index (χ4n) is 1.99. The van der Waals surface area contributed by atoms with E-state index in [1.807, 2.05) is 38.2 Å². The third kappa shape index (κ3) is 2.47. The Bertz CT molecular complexity index is 572. The van der Waals surface area contributed by atoms with Gasteiger partial charge in [-0.3, -0.25) is 4.79 Å². The fourth-order valence-corrected chi connectivity index (χ4v) is 3.00. The van der Waals surface area contributed by atoms with Gasteiger partial charge in [-0.25, -0.2) is 5.01 Å². The Labute approximate surface area is 124 Å². The number of hydrogen-bond donors (Lipinski definition) is 0. The molecule has 0 aromatic rings. The molecule has 2 rings (SSSR count). The highest BCUT2D eigenvalue weighted by atomic mass is 32.2. The number of hydrogen-bond acceptors (Lipinski definition) is 5. The summed E-state index contributed by atoms with van der Waals surface area (Å²) in [7, 11) is 7.48. The minimum Gasteiger partial charge on any atom is -0.361 e. The molecule has 0 aromatic carbocycles. The molecule has 0 unspecified atom stereocenters. The summed E-state index contributed by atoms with van der Waals surface area (Å²) in [5.41, 5.74) is 1.87. The van der Waals surface area contributed by atoms with Gasteiger partial charge in [-0.15, -0.1) is 0 Å². The van der Waals surface area contributed by atoms with E-state index < -0.39 is 0 Å². The first-order chi connectivity index (χ1) is 9.32. The number of carbonyl (C=O) groups excluding carboxylic acids is 1. The molecule has 0 atom stereocenters. The van der Waals surface area contributed by atoms with Gasteiger partial charge in [-0.2, -0.15) is 5.10 Å². The minimum atomic E-state index is -0.0717. The Morgan fingerprint density at radius 2 is 1.85 bits per heavy atom. The van der Waals surface area contributed by atoms with E-state index in [0.717, 1.165) is 5.03 Å². The maximum atomic E-state index is 12.1. The molecule has 2 aliphatic rings. The van der Waals surface area contributed by atoms with Crippen LogP contribution in [0.3, 0.4) is 0 Å². The Hall–Kier alpha value is -1.69. The van der Waals surface area contributed by atoms with Gasteiger partial charge in [0.1, 0.15) is 0 Å². The van der Waals surface area contributed by atoms with Crippen LogP contribution in [0.5, 0.6) is 0 Å². The average molecular weight is 292 g/mol. The molecule has 6 heteroatoms. The third-order valence-electron chi connectivity index (χ3n) is 3.43. The number of amidine groups is 1. The summed E-state index contributed by atoms with van der Waals surface area (Å²) >= 11 is 1.72. The predicted molar refractivity (Wildman–Crippen MR) is 83.8 cm³/mol. The molecule has 5 nitrogen and oxygen atoms in total. The highest BCUT2D eigenvalue weighted by Crippen LogP contribution is 2.39. The summed E-state index contributed by atoms with van der Waals surface area (Å²) in [5, 5.41) is 6.74. The van der Waals surface area contributed by atoms with Crippen LogP contribution in [0.15, 0.2) is 38.5 Å². The molecule has 0 saturated carbocycles. The molecule has 0 fully saturated rings. The summed E-state index contributed by atoms with van der Waals surface area (Å²) in [5.74, 6) is 0.624. The van der Waals surface area contributed by atoms with Gasteiger partial charge in [-0.1, -0.05) is 11.8 Å². The summed E-state index contributed by atoms with van der Waals surface area (Å²) in [4.78, 5) is 17.4. The van der Waals surface area contributed by atoms with Crippen LogP contribution in [0.1, 0.15) is 13.8 Å². The summed E-state index contributed by atoms with van der Waals surface area (Å²) in [6.07, 6.45) is 3.84. The van der Waals surface area contributed by atoms with Crippen LogP contribution < -0.4 is 0 Å². The van der Waals surface area contributed by atoms with Gasteiger partial charge < -0.3 is 9.80 Å². The monoisotopic (exact) mass is 292 g/mol. The Balaban J connectivity index is 2.28. The lowest BCUT2D eigenvalue weighted by Crippen LogP contribution is -2.24. The van der Waals surface area contributed by atoms with Crippen LogP contribution in [-0.2, 0) is 4.79 Å². The zero-order valence-corrected chi connectivity index (χ0v) is 13.6. The Kier molecular flexibility index (Phi) is 3.94. The van der Waals surface area contributed by atoms with Gasteiger partial charge in [0.25, 0.3) is 5.91 Å². The van der Waals surface area contributed by atoms with Gasteiger partial charge in [0, 0.05) is 38.8 Å². The van der Waals surface area contributed by atoms with Crippen LogP contribution >= 0.6 is 11.8 Å². The van der Waals surface area contributed by atoms with Crippen molar-refractivity contribution in [3.05, 3.63) is 33.4 Å². The lowest BCUT2D eigenvalue weighted by molar-refractivity contribution is -0.124. The van der Waals surface area contributed by atoms with E-state index in [9.17, 15) is 4.79 Å². The smallest absolute Gasteiger partial charge is 0.277 e. The van der Waals surface area contributed by atoms with E-state index >= 15 is 0 Å². The van der Waals surface area contributed by atoms with Crippen LogP contribution in [0.4, 0.5) is 0 Å². The Morgan fingerprint density at radius 1 is 1.20 bits per heavy atom. The number of allylic oxidation sites excluding steroid dienone is 4. The molecule has 108 valence electrons. The molecule has 0 aromatic heterocycles. The van der Waals surface area contributed by atoms with E-state index in [4.69, 9.17) is 0 Å². The molecular formula is C14H20N4OS. The number of nitrogens with zero attached hydrogens (tertiary/aromatic N) is 4. The number of thioether (sulfide) groups is 1. The third-order valence-corrected chi connectivity index (χ3v) is 4.65. The number of rotatable bonds is 1. The first-order valence-electron chi connectivity index (χ1n) is 6.38. The number of amides is 1. The molecule has 0 saturated heterocycles. The van der Waals surface area contributed by atoms with E-state index in [2.05, 4.69) is 23.8 Å². The second-order valence-corrected chi connectivity index (χ2v) is 6.27. The van der Waals surface area contributed by atoms with Crippen LogP contribution in [0.25, 0.3) is 0 Å². The standard InChI is InChI=1S/C14H20N4OS/c1-9-10(2)20-12(17(9)5)8-7-11-13(16(3)4)15-18(6)14(11)19/h7-8H,1-6H3/b11-7+,12-8+. The lowest BCUT2D eigenvalue weighted by atomic mass is 10.2. The quantitative estimate of drug-likeness (QED) is 0.693. The second kappa shape index (κ2) is 5.36. The van der Waals surface area contributed by atoms with Crippen molar-refractivity contribution in [2.24, 2.45) is 5.10 Å². The van der Waals surface area contributed by atoms with Crippen molar-refractivity contribution in [2.75, 3.05) is 28.2 Å². The number of hydrazone groups is 1. The van der Waals surface area contributed by atoms with Crippen molar-refractivity contribution in [2.45, 2.75) is 13.8 Å². The fraction of sp³-hybridized carbons (Fsp3) is 0.429.